The fourth-order valence-electron chi connectivity index (χ4n) is 3.87. The summed E-state index contributed by atoms with van der Waals surface area (Å²) in [6.07, 6.45) is 3.30. The van der Waals surface area contributed by atoms with Crippen molar-refractivity contribution in [3.63, 3.8) is 0 Å². The van der Waals surface area contributed by atoms with Crippen LogP contribution in [-0.2, 0) is 11.8 Å². The van der Waals surface area contributed by atoms with E-state index in [0.717, 1.165) is 28.6 Å². The van der Waals surface area contributed by atoms with Gasteiger partial charge >= 0.3 is 0 Å². The molecule has 0 radical (unpaired) electrons. The predicted molar refractivity (Wildman–Crippen MR) is 119 cm³/mol. The number of hydrogen-bond acceptors (Lipinski definition) is 6. The van der Waals surface area contributed by atoms with Crippen molar-refractivity contribution in [2.24, 2.45) is 7.05 Å². The second-order valence-corrected chi connectivity index (χ2v) is 7.61. The molecule has 32 heavy (non-hydrogen) atoms. The van der Waals surface area contributed by atoms with E-state index in [4.69, 9.17) is 14.5 Å². The number of nitrogens with one attached hydrogen (secondary N) is 1. The second kappa shape index (κ2) is 8.35. The predicted octanol–water partition coefficient (Wildman–Crippen LogP) is 3.03. The molecule has 1 amide bonds. The van der Waals surface area contributed by atoms with Gasteiger partial charge in [-0.15, -0.1) is 0 Å². The molecule has 0 aliphatic carbocycles. The minimum atomic E-state index is -0.297. The zero-order chi connectivity index (χ0) is 22.1. The van der Waals surface area contributed by atoms with Crippen molar-refractivity contribution in [2.75, 3.05) is 32.1 Å². The number of imidazole rings is 1. The molecule has 1 atom stereocenters. The fourth-order valence-corrected chi connectivity index (χ4v) is 3.87. The van der Waals surface area contributed by atoms with E-state index in [2.05, 4.69) is 10.4 Å². The largest absolute Gasteiger partial charge is 0.497 e. The van der Waals surface area contributed by atoms with E-state index in [1.165, 1.54) is 0 Å². The molecule has 1 aliphatic heterocycles. The number of fused-ring (bicyclic) bond motifs is 1. The zero-order valence-electron chi connectivity index (χ0n) is 17.9. The summed E-state index contributed by atoms with van der Waals surface area (Å²) in [6, 6.07) is 15.4. The molecule has 5 rings (SSSR count). The van der Waals surface area contributed by atoms with Gasteiger partial charge in [-0.3, -0.25) is 13.9 Å². The van der Waals surface area contributed by atoms with Gasteiger partial charge in [0.15, 0.2) is 0 Å². The zero-order valence-corrected chi connectivity index (χ0v) is 17.9. The topological polar surface area (TPSA) is 85.9 Å². The third-order valence-corrected chi connectivity index (χ3v) is 5.60. The highest BCUT2D eigenvalue weighted by Gasteiger charge is 2.29. The number of amides is 1. The monoisotopic (exact) mass is 432 g/mol. The molecule has 3 aromatic heterocycles. The number of carbonyl (C=O) groups is 1. The number of morpholine rings is 1. The Morgan fingerprint density at radius 3 is 2.78 bits per heavy atom. The Hall–Kier alpha value is -3.85. The Bertz CT molecular complexity index is 1250. The van der Waals surface area contributed by atoms with Crippen LogP contribution in [0.3, 0.4) is 0 Å². The van der Waals surface area contributed by atoms with Gasteiger partial charge in [-0.1, -0.05) is 6.07 Å². The molecule has 1 fully saturated rings. The quantitative estimate of drug-likeness (QED) is 0.522. The van der Waals surface area contributed by atoms with Crippen LogP contribution < -0.4 is 10.1 Å². The van der Waals surface area contributed by atoms with Crippen LogP contribution in [0.2, 0.25) is 0 Å². The highest BCUT2D eigenvalue weighted by Crippen LogP contribution is 2.26. The standard InChI is InChI=1S/C23H24N6O3/c1-27-19(10-11-24-27)23(30)28-12-13-32-20(15-28)18-14-29-21(4-3-5-22(29)26-18)25-16-6-8-17(31-2)9-7-16/h3-11,14,20,25H,12-13,15H2,1-2H3. The van der Waals surface area contributed by atoms with Crippen molar-refractivity contribution in [3.05, 3.63) is 72.3 Å². The third kappa shape index (κ3) is 3.78. The third-order valence-electron chi connectivity index (χ3n) is 5.60. The SMILES string of the molecule is COc1ccc(Nc2cccc3nc(C4CN(C(=O)c5ccnn5C)CCO4)cn23)cc1. The number of carbonyl (C=O) groups excluding carboxylic acids is 1. The lowest BCUT2D eigenvalue weighted by Crippen LogP contribution is -2.43. The van der Waals surface area contributed by atoms with Crippen molar-refractivity contribution in [3.8, 4) is 5.75 Å². The summed E-state index contributed by atoms with van der Waals surface area (Å²) in [7, 11) is 3.42. The van der Waals surface area contributed by atoms with Crippen molar-refractivity contribution in [1.82, 2.24) is 24.1 Å². The smallest absolute Gasteiger partial charge is 0.272 e. The summed E-state index contributed by atoms with van der Waals surface area (Å²) in [5.74, 6) is 1.63. The number of rotatable bonds is 5. The van der Waals surface area contributed by atoms with Gasteiger partial charge in [0.05, 0.1) is 26.0 Å². The molecule has 164 valence electrons. The van der Waals surface area contributed by atoms with E-state index < -0.39 is 0 Å². The highest BCUT2D eigenvalue weighted by atomic mass is 16.5. The van der Waals surface area contributed by atoms with Gasteiger partial charge < -0.3 is 19.7 Å². The number of hydrogen-bond donors (Lipinski definition) is 1. The number of anilines is 2. The Kier molecular flexibility index (Phi) is 5.24. The normalized spacial score (nSPS) is 16.3. The van der Waals surface area contributed by atoms with Crippen LogP contribution in [0.25, 0.3) is 5.65 Å². The molecule has 1 N–H and O–H groups in total. The van der Waals surface area contributed by atoms with Crippen LogP contribution >= 0.6 is 0 Å². The van der Waals surface area contributed by atoms with Gasteiger partial charge in [-0.25, -0.2) is 4.98 Å². The van der Waals surface area contributed by atoms with Crippen LogP contribution in [-0.4, -0.2) is 56.8 Å². The van der Waals surface area contributed by atoms with Crippen molar-refractivity contribution < 1.29 is 14.3 Å². The number of nitrogens with zero attached hydrogens (tertiary/aromatic N) is 5. The lowest BCUT2D eigenvalue weighted by molar-refractivity contribution is -0.0248. The molecule has 1 aliphatic rings. The maximum absolute atomic E-state index is 12.9. The molecular weight excluding hydrogens is 408 g/mol. The molecule has 1 saturated heterocycles. The Labute approximate surface area is 185 Å². The Morgan fingerprint density at radius 2 is 2.03 bits per heavy atom. The highest BCUT2D eigenvalue weighted by molar-refractivity contribution is 5.92. The van der Waals surface area contributed by atoms with Gasteiger partial charge in [0, 0.05) is 31.7 Å². The fraction of sp³-hybridized carbons (Fsp3) is 0.261. The van der Waals surface area contributed by atoms with Crippen LogP contribution in [0.1, 0.15) is 22.3 Å². The van der Waals surface area contributed by atoms with Gasteiger partial charge in [0.1, 0.15) is 29.0 Å². The maximum Gasteiger partial charge on any atom is 0.272 e. The number of ether oxygens (including phenoxy) is 2. The Balaban J connectivity index is 1.38. The molecule has 9 heteroatoms. The maximum atomic E-state index is 12.9. The summed E-state index contributed by atoms with van der Waals surface area (Å²) in [6.45, 7) is 1.44. The van der Waals surface area contributed by atoms with Gasteiger partial charge in [0.2, 0.25) is 0 Å². The molecule has 0 spiro atoms. The molecular formula is C23H24N6O3. The molecule has 4 heterocycles. The average molecular weight is 432 g/mol. The van der Waals surface area contributed by atoms with E-state index in [-0.39, 0.29) is 12.0 Å². The van der Waals surface area contributed by atoms with E-state index in [1.54, 1.807) is 36.0 Å². The average Bonchev–Trinajstić information content (AvgIpc) is 3.46. The number of pyridine rings is 1. The molecule has 1 unspecified atom stereocenters. The minimum absolute atomic E-state index is 0.0519. The molecule has 4 aromatic rings. The lowest BCUT2D eigenvalue weighted by Gasteiger charge is -2.32. The molecule has 0 saturated carbocycles. The van der Waals surface area contributed by atoms with Gasteiger partial charge in [-0.2, -0.15) is 5.10 Å². The minimum Gasteiger partial charge on any atom is -0.497 e. The van der Waals surface area contributed by atoms with Gasteiger partial charge in [-0.05, 0) is 42.5 Å². The number of methoxy groups -OCH3 is 1. The molecule has 1 aromatic carbocycles. The summed E-state index contributed by atoms with van der Waals surface area (Å²) < 4.78 is 14.8. The van der Waals surface area contributed by atoms with Crippen molar-refractivity contribution in [2.45, 2.75) is 6.10 Å². The van der Waals surface area contributed by atoms with Crippen molar-refractivity contribution in [1.29, 1.82) is 0 Å². The molecule has 9 nitrogen and oxygen atoms in total. The summed E-state index contributed by atoms with van der Waals surface area (Å²) >= 11 is 0. The van der Waals surface area contributed by atoms with Crippen LogP contribution in [0.5, 0.6) is 5.75 Å². The van der Waals surface area contributed by atoms with E-state index in [1.807, 2.05) is 53.1 Å². The van der Waals surface area contributed by atoms with Crippen LogP contribution in [0.4, 0.5) is 11.5 Å². The Morgan fingerprint density at radius 1 is 1.19 bits per heavy atom. The van der Waals surface area contributed by atoms with E-state index in [0.29, 0.717) is 25.4 Å². The summed E-state index contributed by atoms with van der Waals surface area (Å²) in [5, 5.41) is 7.52. The number of aryl methyl sites for hydroxylation is 1. The van der Waals surface area contributed by atoms with Crippen LogP contribution in [0.15, 0.2) is 60.9 Å². The summed E-state index contributed by atoms with van der Waals surface area (Å²) in [4.78, 5) is 19.5. The summed E-state index contributed by atoms with van der Waals surface area (Å²) in [5.41, 5.74) is 3.09. The van der Waals surface area contributed by atoms with Crippen molar-refractivity contribution >= 4 is 23.1 Å². The van der Waals surface area contributed by atoms with Crippen LogP contribution in [0, 0.1) is 0 Å². The van der Waals surface area contributed by atoms with E-state index in [9.17, 15) is 4.79 Å². The first-order valence-electron chi connectivity index (χ1n) is 10.4. The number of aromatic nitrogens is 4. The lowest BCUT2D eigenvalue weighted by atomic mass is 10.2. The first kappa shape index (κ1) is 20.1. The first-order valence-corrected chi connectivity index (χ1v) is 10.4. The van der Waals surface area contributed by atoms with Gasteiger partial charge in [0.25, 0.3) is 5.91 Å². The number of benzene rings is 1. The van der Waals surface area contributed by atoms with E-state index >= 15 is 0 Å². The second-order valence-electron chi connectivity index (χ2n) is 7.61. The molecule has 0 bridgehead atoms. The first-order chi connectivity index (χ1) is 15.6.